The zero-order chi connectivity index (χ0) is 13.9. The van der Waals surface area contributed by atoms with Gasteiger partial charge in [-0.05, 0) is 37.3 Å². The third kappa shape index (κ3) is 3.23. The van der Waals surface area contributed by atoms with Crippen molar-refractivity contribution in [1.29, 1.82) is 0 Å². The van der Waals surface area contributed by atoms with Crippen LogP contribution in [0.2, 0.25) is 5.02 Å². The maximum absolute atomic E-state index is 6.35. The lowest BCUT2D eigenvalue weighted by Gasteiger charge is -2.21. The molecule has 0 saturated carbocycles. The molecule has 0 amide bonds. The quantitative estimate of drug-likeness (QED) is 0.739. The smallest absolute Gasteiger partial charge is 0.162 e. The molecule has 2 aliphatic heterocycles. The summed E-state index contributed by atoms with van der Waals surface area (Å²) in [7, 11) is 0. The van der Waals surface area contributed by atoms with E-state index in [1.54, 1.807) is 0 Å². The molecular weight excluding hydrogens is 344 g/mol. The summed E-state index contributed by atoms with van der Waals surface area (Å²) in [5.74, 6) is 1.53. The second-order valence-electron chi connectivity index (χ2n) is 5.20. The van der Waals surface area contributed by atoms with Crippen molar-refractivity contribution in [1.82, 2.24) is 0 Å². The molecule has 1 fully saturated rings. The van der Waals surface area contributed by atoms with Gasteiger partial charge in [-0.1, -0.05) is 27.5 Å². The topological polar surface area (TPSA) is 27.7 Å². The number of halogens is 2. The van der Waals surface area contributed by atoms with Crippen LogP contribution in [0.1, 0.15) is 36.1 Å². The van der Waals surface area contributed by atoms with Crippen molar-refractivity contribution < 1.29 is 14.2 Å². The van der Waals surface area contributed by atoms with Gasteiger partial charge < -0.3 is 14.2 Å². The Bertz CT molecular complexity index is 474. The molecule has 110 valence electrons. The molecule has 0 spiro atoms. The van der Waals surface area contributed by atoms with Crippen molar-refractivity contribution in [3.05, 3.63) is 22.7 Å². The molecular formula is C15H18BrClO3. The number of fused-ring (bicyclic) bond motifs is 1. The van der Waals surface area contributed by atoms with Crippen molar-refractivity contribution in [2.45, 2.75) is 36.6 Å². The number of hydrogen-bond acceptors (Lipinski definition) is 3. The van der Waals surface area contributed by atoms with Crippen LogP contribution in [0.15, 0.2) is 12.1 Å². The highest BCUT2D eigenvalue weighted by Gasteiger charge is 2.21. The Morgan fingerprint density at radius 1 is 1.20 bits per heavy atom. The number of hydrogen-bond donors (Lipinski definition) is 0. The SMILES string of the molecule is Clc1cc2c(cc1C(Br)CCC1CCCO1)OCCO2. The Hall–Kier alpha value is -0.450. The van der Waals surface area contributed by atoms with E-state index in [0.717, 1.165) is 41.5 Å². The van der Waals surface area contributed by atoms with E-state index in [9.17, 15) is 0 Å². The fourth-order valence-corrected chi connectivity index (χ4v) is 3.74. The average Bonchev–Trinajstić information content (AvgIpc) is 2.97. The lowest BCUT2D eigenvalue weighted by molar-refractivity contribution is 0.102. The lowest BCUT2D eigenvalue weighted by Crippen LogP contribution is -2.15. The van der Waals surface area contributed by atoms with Crippen LogP contribution in [0.25, 0.3) is 0 Å². The standard InChI is InChI=1S/C15H18BrClO3/c16-12(4-3-10-2-1-5-18-10)11-8-14-15(9-13(11)17)20-7-6-19-14/h8-10,12H,1-7H2. The van der Waals surface area contributed by atoms with Gasteiger partial charge >= 0.3 is 0 Å². The molecule has 1 saturated heterocycles. The predicted octanol–water partition coefficient (Wildman–Crippen LogP) is 4.51. The molecule has 3 nitrogen and oxygen atoms in total. The Morgan fingerprint density at radius 2 is 1.95 bits per heavy atom. The predicted molar refractivity (Wildman–Crippen MR) is 82.3 cm³/mol. The van der Waals surface area contributed by atoms with E-state index in [-0.39, 0.29) is 4.83 Å². The van der Waals surface area contributed by atoms with Gasteiger partial charge in [0, 0.05) is 22.5 Å². The van der Waals surface area contributed by atoms with Crippen LogP contribution in [-0.2, 0) is 4.74 Å². The van der Waals surface area contributed by atoms with Crippen molar-refractivity contribution in [3.63, 3.8) is 0 Å². The third-order valence-corrected chi connectivity index (χ3v) is 5.04. The van der Waals surface area contributed by atoms with Crippen molar-refractivity contribution in [2.24, 2.45) is 0 Å². The third-order valence-electron chi connectivity index (χ3n) is 3.77. The molecule has 0 aromatic heterocycles. The Labute approximate surface area is 132 Å². The molecule has 2 atom stereocenters. The average molecular weight is 362 g/mol. The minimum Gasteiger partial charge on any atom is -0.486 e. The van der Waals surface area contributed by atoms with Gasteiger partial charge in [-0.3, -0.25) is 0 Å². The van der Waals surface area contributed by atoms with Crippen LogP contribution in [0.3, 0.4) is 0 Å². The normalized spacial score (nSPS) is 22.8. The van der Waals surface area contributed by atoms with E-state index in [2.05, 4.69) is 15.9 Å². The molecule has 20 heavy (non-hydrogen) atoms. The summed E-state index contributed by atoms with van der Waals surface area (Å²) in [4.78, 5) is 0.218. The van der Waals surface area contributed by atoms with Gasteiger partial charge in [0.05, 0.1) is 6.10 Å². The highest BCUT2D eigenvalue weighted by atomic mass is 79.9. The molecule has 2 heterocycles. The first-order chi connectivity index (χ1) is 9.74. The van der Waals surface area contributed by atoms with Gasteiger partial charge in [-0.15, -0.1) is 0 Å². The summed E-state index contributed by atoms with van der Waals surface area (Å²) < 4.78 is 16.8. The van der Waals surface area contributed by atoms with E-state index in [1.165, 1.54) is 12.8 Å². The highest BCUT2D eigenvalue weighted by molar-refractivity contribution is 9.09. The van der Waals surface area contributed by atoms with E-state index >= 15 is 0 Å². The molecule has 0 aliphatic carbocycles. The number of rotatable bonds is 4. The van der Waals surface area contributed by atoms with E-state index in [1.807, 2.05) is 12.1 Å². The molecule has 0 N–H and O–H groups in total. The first-order valence-corrected chi connectivity index (χ1v) is 8.38. The summed E-state index contributed by atoms with van der Waals surface area (Å²) in [5.41, 5.74) is 1.06. The zero-order valence-corrected chi connectivity index (χ0v) is 13.6. The van der Waals surface area contributed by atoms with Crippen LogP contribution < -0.4 is 9.47 Å². The summed E-state index contributed by atoms with van der Waals surface area (Å²) in [5, 5.41) is 0.725. The molecule has 0 bridgehead atoms. The lowest BCUT2D eigenvalue weighted by atomic mass is 10.0. The first-order valence-electron chi connectivity index (χ1n) is 7.09. The van der Waals surface area contributed by atoms with Crippen LogP contribution in [0.5, 0.6) is 11.5 Å². The second-order valence-corrected chi connectivity index (χ2v) is 6.71. The zero-order valence-electron chi connectivity index (χ0n) is 11.2. The van der Waals surface area contributed by atoms with E-state index in [4.69, 9.17) is 25.8 Å². The number of ether oxygens (including phenoxy) is 3. The van der Waals surface area contributed by atoms with Crippen LogP contribution in [-0.4, -0.2) is 25.9 Å². The Morgan fingerprint density at radius 3 is 2.65 bits per heavy atom. The highest BCUT2D eigenvalue weighted by Crippen LogP contribution is 2.41. The molecule has 2 aliphatic rings. The van der Waals surface area contributed by atoms with Gasteiger partial charge in [0.25, 0.3) is 0 Å². The van der Waals surface area contributed by atoms with Crippen molar-refractivity contribution in [2.75, 3.05) is 19.8 Å². The fraction of sp³-hybridized carbons (Fsp3) is 0.600. The van der Waals surface area contributed by atoms with Gasteiger partial charge in [0.15, 0.2) is 11.5 Å². The molecule has 3 rings (SSSR count). The number of alkyl halides is 1. The van der Waals surface area contributed by atoms with Gasteiger partial charge in [-0.2, -0.15) is 0 Å². The molecule has 1 aromatic carbocycles. The molecule has 0 radical (unpaired) electrons. The van der Waals surface area contributed by atoms with Crippen molar-refractivity contribution in [3.8, 4) is 11.5 Å². The fourth-order valence-electron chi connectivity index (χ4n) is 2.68. The van der Waals surface area contributed by atoms with E-state index < -0.39 is 0 Å². The Kier molecular flexibility index (Phi) is 4.74. The molecule has 1 aromatic rings. The van der Waals surface area contributed by atoms with Gasteiger partial charge in [0.2, 0.25) is 0 Å². The largest absolute Gasteiger partial charge is 0.486 e. The maximum atomic E-state index is 6.35. The van der Waals surface area contributed by atoms with Gasteiger partial charge in [0.1, 0.15) is 13.2 Å². The minimum absolute atomic E-state index is 0.218. The van der Waals surface area contributed by atoms with Crippen LogP contribution in [0, 0.1) is 0 Å². The van der Waals surface area contributed by atoms with Gasteiger partial charge in [-0.25, -0.2) is 0 Å². The monoisotopic (exact) mass is 360 g/mol. The van der Waals surface area contributed by atoms with E-state index in [0.29, 0.717) is 19.3 Å². The Balaban J connectivity index is 1.68. The summed E-state index contributed by atoms with van der Waals surface area (Å²) in [6.45, 7) is 2.08. The molecule has 5 heteroatoms. The van der Waals surface area contributed by atoms with Crippen LogP contribution >= 0.6 is 27.5 Å². The summed E-state index contributed by atoms with van der Waals surface area (Å²) in [6.07, 6.45) is 4.83. The second kappa shape index (κ2) is 6.54. The minimum atomic E-state index is 0.218. The summed E-state index contributed by atoms with van der Waals surface area (Å²) in [6, 6.07) is 3.84. The first kappa shape index (κ1) is 14.5. The maximum Gasteiger partial charge on any atom is 0.162 e. The molecule has 2 unspecified atom stereocenters. The number of benzene rings is 1. The summed E-state index contributed by atoms with van der Waals surface area (Å²) >= 11 is 10.1. The van der Waals surface area contributed by atoms with Crippen LogP contribution in [0.4, 0.5) is 0 Å². The van der Waals surface area contributed by atoms with Crippen molar-refractivity contribution >= 4 is 27.5 Å².